The standard InChI is InChI=1S/C28H25N3O7/c1-31(2)22-17-12-14-11-16-13(6-8-15-5-3-4-10-30-15)7-9-18(32)20(16)23(33)19(14)25(35)28(17,38)26(36)21(24(22)34)27(29)37/h3-5,7,9-10,14,17,19,21-22,32,38H,11-12H2,1-2H3,(H2,29,37). The van der Waals surface area contributed by atoms with Crippen LogP contribution in [0.4, 0.5) is 0 Å². The monoisotopic (exact) mass is 515 g/mol. The number of carbonyl (C=O) groups excluding carboxylic acids is 5. The Labute approximate surface area is 217 Å². The smallest absolute Gasteiger partial charge is 0.235 e. The first-order valence-electron chi connectivity index (χ1n) is 12.1. The van der Waals surface area contributed by atoms with Crippen LogP contribution in [0.25, 0.3) is 0 Å². The van der Waals surface area contributed by atoms with Crippen LogP contribution < -0.4 is 5.73 Å². The van der Waals surface area contributed by atoms with Gasteiger partial charge in [-0.25, -0.2) is 4.98 Å². The molecule has 0 spiro atoms. The fraction of sp³-hybridized carbons (Fsp3) is 0.357. The van der Waals surface area contributed by atoms with Crippen molar-refractivity contribution in [3.8, 4) is 17.6 Å². The fourth-order valence-electron chi connectivity index (χ4n) is 6.29. The van der Waals surface area contributed by atoms with Crippen molar-refractivity contribution in [2.45, 2.75) is 24.5 Å². The zero-order valence-corrected chi connectivity index (χ0v) is 20.7. The quantitative estimate of drug-likeness (QED) is 0.358. The zero-order valence-electron chi connectivity index (χ0n) is 20.7. The molecule has 0 bridgehead atoms. The lowest BCUT2D eigenvalue weighted by molar-refractivity contribution is -0.181. The van der Waals surface area contributed by atoms with Gasteiger partial charge in [0.1, 0.15) is 11.4 Å². The maximum absolute atomic E-state index is 13.8. The summed E-state index contributed by atoms with van der Waals surface area (Å²) in [5.74, 6) is -4.88. The van der Waals surface area contributed by atoms with Crippen molar-refractivity contribution in [2.24, 2.45) is 29.4 Å². The lowest BCUT2D eigenvalue weighted by Crippen LogP contribution is -2.74. The van der Waals surface area contributed by atoms with Gasteiger partial charge in [-0.15, -0.1) is 0 Å². The molecular weight excluding hydrogens is 490 g/mol. The number of hydrogen-bond donors (Lipinski definition) is 3. The van der Waals surface area contributed by atoms with Crippen LogP contribution >= 0.6 is 0 Å². The molecule has 1 heterocycles. The molecule has 2 aromatic rings. The summed E-state index contributed by atoms with van der Waals surface area (Å²) >= 11 is 0. The summed E-state index contributed by atoms with van der Waals surface area (Å²) in [4.78, 5) is 71.6. The van der Waals surface area contributed by atoms with Gasteiger partial charge in [0.2, 0.25) is 5.91 Å². The minimum absolute atomic E-state index is 0.0212. The number of carbonyl (C=O) groups is 5. The van der Waals surface area contributed by atoms with Gasteiger partial charge >= 0.3 is 0 Å². The van der Waals surface area contributed by atoms with E-state index in [0.717, 1.165) is 0 Å². The Bertz CT molecular complexity index is 1470. The number of rotatable bonds is 2. The summed E-state index contributed by atoms with van der Waals surface area (Å²) < 4.78 is 0. The predicted octanol–water partition coefficient (Wildman–Crippen LogP) is -0.338. The van der Waals surface area contributed by atoms with E-state index >= 15 is 0 Å². The molecule has 3 aliphatic carbocycles. The summed E-state index contributed by atoms with van der Waals surface area (Å²) in [6.07, 6.45) is 1.72. The van der Waals surface area contributed by atoms with E-state index < -0.39 is 64.4 Å². The molecule has 10 heteroatoms. The summed E-state index contributed by atoms with van der Waals surface area (Å²) in [7, 11) is 3.08. The number of aromatic hydroxyl groups is 1. The molecule has 6 unspecified atom stereocenters. The molecule has 6 atom stereocenters. The second-order valence-corrected chi connectivity index (χ2v) is 10.2. The molecule has 3 aliphatic rings. The number of phenolic OH excluding ortho intramolecular Hbond substituents is 1. The van der Waals surface area contributed by atoms with Crippen molar-refractivity contribution in [1.82, 2.24) is 9.88 Å². The lowest BCUT2D eigenvalue weighted by Gasteiger charge is -2.52. The van der Waals surface area contributed by atoms with E-state index in [2.05, 4.69) is 16.8 Å². The lowest BCUT2D eigenvalue weighted by atomic mass is 9.52. The SMILES string of the molecule is CN(C)C1C(=O)C(C(N)=O)C(=O)C2(O)C(=O)C3C(=O)c4c(O)ccc(C#Cc5ccccn5)c4CC3CC12. The molecule has 2 saturated carbocycles. The van der Waals surface area contributed by atoms with E-state index in [4.69, 9.17) is 5.73 Å². The van der Waals surface area contributed by atoms with Crippen LogP contribution in [0.3, 0.4) is 0 Å². The van der Waals surface area contributed by atoms with E-state index in [1.165, 1.54) is 25.1 Å². The fourth-order valence-corrected chi connectivity index (χ4v) is 6.29. The molecule has 2 fully saturated rings. The second-order valence-electron chi connectivity index (χ2n) is 10.2. The van der Waals surface area contributed by atoms with Crippen LogP contribution in [0.1, 0.15) is 33.6 Å². The Kier molecular flexibility index (Phi) is 6.01. The third-order valence-electron chi connectivity index (χ3n) is 7.93. The highest BCUT2D eigenvalue weighted by Crippen LogP contribution is 2.50. The number of amides is 1. The van der Waals surface area contributed by atoms with E-state index in [1.807, 2.05) is 0 Å². The number of ketones is 4. The van der Waals surface area contributed by atoms with Crippen LogP contribution in [0.5, 0.6) is 5.75 Å². The molecule has 38 heavy (non-hydrogen) atoms. The van der Waals surface area contributed by atoms with Crippen molar-refractivity contribution in [3.05, 3.63) is 58.9 Å². The molecular formula is C28H25N3O7. The van der Waals surface area contributed by atoms with Crippen molar-refractivity contribution >= 4 is 29.0 Å². The summed E-state index contributed by atoms with van der Waals surface area (Å²) in [5, 5.41) is 22.2. The Morgan fingerprint density at radius 3 is 2.47 bits per heavy atom. The molecule has 1 aromatic heterocycles. The number of primary amides is 1. The average molecular weight is 516 g/mol. The van der Waals surface area contributed by atoms with Gasteiger partial charge in [0.05, 0.1) is 17.5 Å². The maximum Gasteiger partial charge on any atom is 0.235 e. The molecule has 194 valence electrons. The Hall–Kier alpha value is -4.20. The molecule has 0 radical (unpaired) electrons. The first kappa shape index (κ1) is 25.4. The van der Waals surface area contributed by atoms with Gasteiger partial charge in [-0.05, 0) is 68.6 Å². The number of hydrogen-bond acceptors (Lipinski definition) is 9. The number of nitrogens with two attached hydrogens (primary N) is 1. The number of likely N-dealkylation sites (N-methyl/N-ethyl adjacent to an activating group) is 1. The van der Waals surface area contributed by atoms with E-state index in [1.54, 1.807) is 30.5 Å². The molecule has 0 aliphatic heterocycles. The van der Waals surface area contributed by atoms with Crippen molar-refractivity contribution in [3.63, 3.8) is 0 Å². The first-order chi connectivity index (χ1) is 18.0. The van der Waals surface area contributed by atoms with Gasteiger partial charge in [0, 0.05) is 17.7 Å². The number of benzene rings is 1. The normalized spacial score (nSPS) is 30.2. The Morgan fingerprint density at radius 1 is 1.11 bits per heavy atom. The number of aromatic nitrogens is 1. The minimum atomic E-state index is -2.75. The topological polar surface area (TPSA) is 168 Å². The van der Waals surface area contributed by atoms with Crippen LogP contribution in [-0.2, 0) is 25.6 Å². The predicted molar refractivity (Wildman–Crippen MR) is 132 cm³/mol. The number of pyridine rings is 1. The largest absolute Gasteiger partial charge is 0.507 e. The van der Waals surface area contributed by atoms with Gasteiger partial charge in [-0.2, -0.15) is 0 Å². The number of Topliss-reactive ketones (excluding diaryl/α,β-unsaturated/α-hetero) is 4. The third-order valence-corrected chi connectivity index (χ3v) is 7.93. The molecule has 4 N–H and O–H groups in total. The summed E-state index contributed by atoms with van der Waals surface area (Å²) in [6.45, 7) is 0. The van der Waals surface area contributed by atoms with Gasteiger partial charge < -0.3 is 15.9 Å². The highest BCUT2D eigenvalue weighted by molar-refractivity contribution is 6.32. The Balaban J connectivity index is 1.62. The first-order valence-corrected chi connectivity index (χ1v) is 12.1. The highest BCUT2D eigenvalue weighted by Gasteiger charge is 2.69. The van der Waals surface area contributed by atoms with Gasteiger partial charge in [0.25, 0.3) is 0 Å². The van der Waals surface area contributed by atoms with Gasteiger partial charge in [0.15, 0.2) is 34.7 Å². The number of aliphatic hydroxyl groups is 1. The number of nitrogens with zero attached hydrogens (tertiary/aromatic N) is 2. The molecule has 10 nitrogen and oxygen atoms in total. The van der Waals surface area contributed by atoms with E-state index in [9.17, 15) is 34.2 Å². The molecule has 1 amide bonds. The molecule has 1 aromatic carbocycles. The zero-order chi connectivity index (χ0) is 27.5. The second kappa shape index (κ2) is 8.97. The summed E-state index contributed by atoms with van der Waals surface area (Å²) in [6, 6.07) is 6.99. The Morgan fingerprint density at radius 2 is 1.84 bits per heavy atom. The average Bonchev–Trinajstić information content (AvgIpc) is 2.86. The summed E-state index contributed by atoms with van der Waals surface area (Å²) in [5.41, 5.74) is 3.91. The van der Waals surface area contributed by atoms with Gasteiger partial charge in [-0.1, -0.05) is 12.0 Å². The van der Waals surface area contributed by atoms with Crippen LogP contribution in [0.2, 0.25) is 0 Å². The number of phenols is 1. The molecule has 5 rings (SSSR count). The van der Waals surface area contributed by atoms with Crippen molar-refractivity contribution in [1.29, 1.82) is 0 Å². The third kappa shape index (κ3) is 3.58. The van der Waals surface area contributed by atoms with Crippen molar-refractivity contribution < 1.29 is 34.2 Å². The van der Waals surface area contributed by atoms with Crippen LogP contribution in [0, 0.1) is 35.5 Å². The van der Waals surface area contributed by atoms with Crippen LogP contribution in [-0.4, -0.2) is 74.9 Å². The van der Waals surface area contributed by atoms with Crippen molar-refractivity contribution in [2.75, 3.05) is 14.1 Å². The van der Waals surface area contributed by atoms with E-state index in [0.29, 0.717) is 16.8 Å². The van der Waals surface area contributed by atoms with E-state index in [-0.39, 0.29) is 24.2 Å². The van der Waals surface area contributed by atoms with Crippen LogP contribution in [0.15, 0.2) is 36.5 Å². The highest BCUT2D eigenvalue weighted by atomic mass is 16.3. The molecule has 0 saturated heterocycles. The number of fused-ring (bicyclic) bond motifs is 3. The maximum atomic E-state index is 13.8. The van der Waals surface area contributed by atoms with Gasteiger partial charge in [-0.3, -0.25) is 28.9 Å². The minimum Gasteiger partial charge on any atom is -0.507 e.